The van der Waals surface area contributed by atoms with Crippen LogP contribution in [-0.4, -0.2) is 29.3 Å². The van der Waals surface area contributed by atoms with Gasteiger partial charge in [0.1, 0.15) is 0 Å². The van der Waals surface area contributed by atoms with Crippen LogP contribution in [0.2, 0.25) is 0 Å². The van der Waals surface area contributed by atoms with Gasteiger partial charge in [0.05, 0.1) is 6.54 Å². The summed E-state index contributed by atoms with van der Waals surface area (Å²) in [4.78, 5) is 2.14. The molecule has 1 heterocycles. The molecule has 1 N–H and O–H groups in total. The molecular weight excluding hydrogens is 216 g/mol. The molecule has 0 aliphatic heterocycles. The monoisotopic (exact) mass is 240 g/mol. The lowest BCUT2D eigenvalue weighted by molar-refractivity contribution is 0.451. The summed E-state index contributed by atoms with van der Waals surface area (Å²) in [6.07, 6.45) is 2.18. The van der Waals surface area contributed by atoms with E-state index in [1.807, 2.05) is 0 Å². The van der Waals surface area contributed by atoms with E-state index < -0.39 is 0 Å². The van der Waals surface area contributed by atoms with Gasteiger partial charge in [-0.3, -0.25) is 0 Å². The molecule has 5 nitrogen and oxygen atoms in total. The quantitative estimate of drug-likeness (QED) is 0.706. The fourth-order valence-electron chi connectivity index (χ4n) is 1.62. The molecule has 5 heteroatoms. The molecule has 0 saturated heterocycles. The van der Waals surface area contributed by atoms with Gasteiger partial charge in [-0.15, -0.1) is 5.10 Å². The van der Waals surface area contributed by atoms with Crippen LogP contribution in [0.5, 0.6) is 0 Å². The summed E-state index contributed by atoms with van der Waals surface area (Å²) in [6, 6.07) is 1.02. The van der Waals surface area contributed by atoms with Crippen molar-refractivity contribution in [2.75, 3.05) is 18.0 Å². The Morgan fingerprint density at radius 3 is 2.59 bits per heavy atom. The number of nitrogens with one attached hydrogen (secondary N) is 1. The summed E-state index contributed by atoms with van der Waals surface area (Å²) in [6.45, 7) is 11.1. The van der Waals surface area contributed by atoms with Gasteiger partial charge in [-0.1, -0.05) is 18.9 Å². The van der Waals surface area contributed by atoms with Gasteiger partial charge in [-0.05, 0) is 33.2 Å². The van der Waals surface area contributed by atoms with E-state index in [-0.39, 0.29) is 0 Å². The third-order valence-electron chi connectivity index (χ3n) is 2.49. The molecular formula is C12H24N4O. The molecule has 0 aliphatic carbocycles. The van der Waals surface area contributed by atoms with Gasteiger partial charge in [-0.2, -0.15) is 0 Å². The van der Waals surface area contributed by atoms with Gasteiger partial charge in [0, 0.05) is 12.6 Å². The predicted molar refractivity (Wildman–Crippen MR) is 69.1 cm³/mol. The van der Waals surface area contributed by atoms with Gasteiger partial charge in [0.2, 0.25) is 5.89 Å². The van der Waals surface area contributed by atoms with Crippen molar-refractivity contribution in [2.24, 2.45) is 0 Å². The van der Waals surface area contributed by atoms with E-state index >= 15 is 0 Å². The molecule has 0 aliphatic rings. The third kappa shape index (κ3) is 4.34. The maximum Gasteiger partial charge on any atom is 0.318 e. The molecule has 0 atom stereocenters. The Balaban J connectivity index is 2.58. The molecule has 17 heavy (non-hydrogen) atoms. The number of hydrogen-bond donors (Lipinski definition) is 1. The molecule has 0 saturated carbocycles. The van der Waals surface area contributed by atoms with Crippen molar-refractivity contribution in [3.8, 4) is 0 Å². The average molecular weight is 240 g/mol. The second kappa shape index (κ2) is 7.27. The Bertz CT molecular complexity index is 311. The van der Waals surface area contributed by atoms with Crippen molar-refractivity contribution in [1.82, 2.24) is 15.5 Å². The molecule has 1 aromatic rings. The fourth-order valence-corrected chi connectivity index (χ4v) is 1.62. The van der Waals surface area contributed by atoms with Crippen LogP contribution >= 0.6 is 0 Å². The smallest absolute Gasteiger partial charge is 0.318 e. The lowest BCUT2D eigenvalue weighted by Crippen LogP contribution is -2.31. The van der Waals surface area contributed by atoms with Crippen LogP contribution in [0.15, 0.2) is 4.42 Å². The normalized spacial score (nSPS) is 11.1. The highest BCUT2D eigenvalue weighted by atomic mass is 16.4. The summed E-state index contributed by atoms with van der Waals surface area (Å²) < 4.78 is 5.65. The van der Waals surface area contributed by atoms with Crippen LogP contribution in [0, 0.1) is 0 Å². The summed E-state index contributed by atoms with van der Waals surface area (Å²) in [7, 11) is 0. The zero-order chi connectivity index (χ0) is 12.7. The van der Waals surface area contributed by atoms with E-state index in [1.165, 1.54) is 0 Å². The maximum atomic E-state index is 5.65. The number of aromatic nitrogens is 2. The Labute approximate surface area is 104 Å². The van der Waals surface area contributed by atoms with Crippen LogP contribution in [-0.2, 0) is 6.54 Å². The summed E-state index contributed by atoms with van der Waals surface area (Å²) in [5.74, 6) is 0.662. The second-order valence-corrected chi connectivity index (χ2v) is 4.44. The highest BCUT2D eigenvalue weighted by molar-refractivity contribution is 5.25. The van der Waals surface area contributed by atoms with Crippen molar-refractivity contribution in [2.45, 2.75) is 53.1 Å². The molecule has 0 bridgehead atoms. The first-order valence-corrected chi connectivity index (χ1v) is 6.48. The molecule has 0 radical (unpaired) electrons. The molecule has 0 fully saturated rings. The highest BCUT2D eigenvalue weighted by Gasteiger charge is 2.16. The van der Waals surface area contributed by atoms with Crippen LogP contribution in [0.1, 0.15) is 46.4 Å². The first kappa shape index (κ1) is 14.0. The zero-order valence-electron chi connectivity index (χ0n) is 11.4. The first-order valence-electron chi connectivity index (χ1n) is 6.48. The zero-order valence-corrected chi connectivity index (χ0v) is 11.4. The van der Waals surface area contributed by atoms with Gasteiger partial charge in [0.25, 0.3) is 0 Å². The maximum absolute atomic E-state index is 5.65. The van der Waals surface area contributed by atoms with E-state index in [0.29, 0.717) is 24.5 Å². The Hall–Kier alpha value is -1.10. The third-order valence-corrected chi connectivity index (χ3v) is 2.49. The largest absolute Gasteiger partial charge is 0.407 e. The Morgan fingerprint density at radius 2 is 2.00 bits per heavy atom. The molecule has 0 aromatic carbocycles. The lowest BCUT2D eigenvalue weighted by atomic mass is 10.3. The highest BCUT2D eigenvalue weighted by Crippen LogP contribution is 2.15. The van der Waals surface area contributed by atoms with Gasteiger partial charge in [0.15, 0.2) is 0 Å². The number of rotatable bonds is 8. The SMILES string of the molecule is CCCNCc1nnc(N(CCC)C(C)C)o1. The number of hydrogen-bond acceptors (Lipinski definition) is 5. The topological polar surface area (TPSA) is 54.2 Å². The van der Waals surface area contributed by atoms with Crippen molar-refractivity contribution >= 4 is 6.01 Å². The lowest BCUT2D eigenvalue weighted by Gasteiger charge is -2.23. The minimum atomic E-state index is 0.381. The van der Waals surface area contributed by atoms with Crippen molar-refractivity contribution in [3.05, 3.63) is 5.89 Å². The standard InChI is InChI=1S/C12H24N4O/c1-5-7-13-9-11-14-15-12(17-11)16(8-6-2)10(3)4/h10,13H,5-9H2,1-4H3. The molecule has 0 spiro atoms. The molecule has 0 amide bonds. The minimum Gasteiger partial charge on any atom is -0.407 e. The van der Waals surface area contributed by atoms with Crippen molar-refractivity contribution < 1.29 is 4.42 Å². The summed E-state index contributed by atoms with van der Waals surface area (Å²) in [5, 5.41) is 11.4. The molecule has 1 rings (SSSR count). The average Bonchev–Trinajstić information content (AvgIpc) is 2.74. The van der Waals surface area contributed by atoms with Crippen LogP contribution in [0.3, 0.4) is 0 Å². The molecule has 1 aromatic heterocycles. The van der Waals surface area contributed by atoms with E-state index in [4.69, 9.17) is 4.42 Å². The first-order chi connectivity index (χ1) is 8.19. The van der Waals surface area contributed by atoms with Gasteiger partial charge < -0.3 is 14.6 Å². The summed E-state index contributed by atoms with van der Waals surface area (Å²) in [5.41, 5.74) is 0. The Morgan fingerprint density at radius 1 is 1.24 bits per heavy atom. The second-order valence-electron chi connectivity index (χ2n) is 4.44. The van der Waals surface area contributed by atoms with E-state index in [1.54, 1.807) is 0 Å². The van der Waals surface area contributed by atoms with Gasteiger partial charge in [-0.25, -0.2) is 0 Å². The number of anilines is 1. The summed E-state index contributed by atoms with van der Waals surface area (Å²) >= 11 is 0. The van der Waals surface area contributed by atoms with E-state index in [9.17, 15) is 0 Å². The van der Waals surface area contributed by atoms with E-state index in [2.05, 4.69) is 48.1 Å². The fraction of sp³-hybridized carbons (Fsp3) is 0.833. The molecule has 0 unspecified atom stereocenters. The van der Waals surface area contributed by atoms with Crippen LogP contribution in [0.25, 0.3) is 0 Å². The van der Waals surface area contributed by atoms with Crippen LogP contribution < -0.4 is 10.2 Å². The van der Waals surface area contributed by atoms with Gasteiger partial charge >= 0.3 is 6.01 Å². The van der Waals surface area contributed by atoms with E-state index in [0.717, 1.165) is 25.9 Å². The Kier molecular flexibility index (Phi) is 5.97. The minimum absolute atomic E-state index is 0.381. The van der Waals surface area contributed by atoms with Crippen LogP contribution in [0.4, 0.5) is 6.01 Å². The number of nitrogens with zero attached hydrogens (tertiary/aromatic N) is 3. The molecule has 98 valence electrons. The predicted octanol–water partition coefficient (Wildman–Crippen LogP) is 2.19. The van der Waals surface area contributed by atoms with Crippen molar-refractivity contribution in [3.63, 3.8) is 0 Å². The van der Waals surface area contributed by atoms with Crippen molar-refractivity contribution in [1.29, 1.82) is 0 Å².